The van der Waals surface area contributed by atoms with Crippen molar-refractivity contribution >= 4 is 141 Å². The lowest BCUT2D eigenvalue weighted by molar-refractivity contribution is -0.328. The van der Waals surface area contributed by atoms with Crippen molar-refractivity contribution in [3.63, 3.8) is 0 Å². The molecule has 0 unspecified atom stereocenters. The lowest BCUT2D eigenvalue weighted by atomic mass is 9.87. The average Bonchev–Trinajstić information content (AvgIpc) is 0.812. The Labute approximate surface area is 697 Å². The Kier molecular flexibility index (Phi) is 36.3. The van der Waals surface area contributed by atoms with E-state index < -0.39 is 94.3 Å². The van der Waals surface area contributed by atoms with Crippen molar-refractivity contribution < 1.29 is 135 Å². The van der Waals surface area contributed by atoms with Crippen molar-refractivity contribution in [2.24, 2.45) is 0 Å². The Hall–Kier alpha value is -7.01. The van der Waals surface area contributed by atoms with Gasteiger partial charge in [0.15, 0.2) is 7.14 Å². The highest BCUT2D eigenvalue weighted by Gasteiger charge is 2.38. The van der Waals surface area contributed by atoms with Crippen LogP contribution in [0.2, 0.25) is 0 Å². The summed E-state index contributed by atoms with van der Waals surface area (Å²) in [5, 5.41) is 2.38. The van der Waals surface area contributed by atoms with Crippen LogP contribution in [0.25, 0.3) is 0 Å². The Bertz CT molecular complexity index is 4750. The van der Waals surface area contributed by atoms with Crippen LogP contribution in [-0.2, 0) is 76.6 Å². The first kappa shape index (κ1) is 95.6. The van der Waals surface area contributed by atoms with E-state index in [2.05, 4.69) is 127 Å². The van der Waals surface area contributed by atoms with Gasteiger partial charge in [-0.15, -0.1) is 0 Å². The third-order valence-corrected chi connectivity index (χ3v) is 30.6. The molecule has 20 nitrogen and oxygen atoms in total. The number of rotatable bonds is 12. The van der Waals surface area contributed by atoms with Gasteiger partial charge in [-0.25, -0.2) is 33.7 Å². The Balaban J connectivity index is 0.000000234. The zero-order valence-electron chi connectivity index (χ0n) is 61.1. The summed E-state index contributed by atoms with van der Waals surface area (Å²) in [6.07, 6.45) is 0. The number of hydrogen-bond donors (Lipinski definition) is 8. The van der Waals surface area contributed by atoms with Gasteiger partial charge in [0.25, 0.3) is 45.2 Å². The van der Waals surface area contributed by atoms with Crippen molar-refractivity contribution in [2.45, 2.75) is 81.7 Å². The number of halogens is 2. The highest BCUT2D eigenvalue weighted by atomic mass is 127. The minimum absolute atomic E-state index is 0.214. The summed E-state index contributed by atoms with van der Waals surface area (Å²) >= 11 is 10.9. The fourth-order valence-electron chi connectivity index (χ4n) is 9.55. The van der Waals surface area contributed by atoms with Crippen molar-refractivity contribution in [1.29, 1.82) is 0 Å². The molecule has 12 aromatic carbocycles. The standard InChI is InChI=1S/4C12H12O5SSi.C10H14I.C10H14S.C6H6I.C6H6S/c4*13-18(14,15)10-6-8-12(9-7-10)19(16,17)11-4-2-1-3-5-11;2*1-10(2,3)8-4-6-9(11)7-5-8;2*7-6-4-2-1-3-5-6/h4*1-9,16-17H,(H,13,14,15);2*4-7,11H,1-3H3;2*1-5,7H/q;;;;+1;;+1;/p-2. The van der Waals surface area contributed by atoms with Gasteiger partial charge in [-0.3, -0.25) is 0 Å². The van der Waals surface area contributed by atoms with Crippen molar-refractivity contribution in [2.75, 3.05) is 0 Å². The first-order valence-electron chi connectivity index (χ1n) is 33.4. The topological polar surface area (TPSA) is 391 Å². The maximum absolute atomic E-state index is 10.8. The molecule has 0 heterocycles. The van der Waals surface area contributed by atoms with E-state index in [9.17, 15) is 90.2 Å². The second-order valence-corrected chi connectivity index (χ2v) is 45.7. The van der Waals surface area contributed by atoms with E-state index in [4.69, 9.17) is 0 Å². The molecule has 8 N–H and O–H groups in total. The maximum atomic E-state index is 10.8. The molecule has 0 aliphatic rings. The van der Waals surface area contributed by atoms with Crippen molar-refractivity contribution in [1.82, 2.24) is 0 Å². The predicted molar refractivity (Wildman–Crippen MR) is 441 cm³/mol. The summed E-state index contributed by atoms with van der Waals surface area (Å²) in [4.78, 5) is 82.4. The summed E-state index contributed by atoms with van der Waals surface area (Å²) in [6.45, 7) is 13.4. The molecule has 0 aromatic heterocycles. The molecule has 0 saturated heterocycles. The molecular weight excluding hydrogens is 1840 g/mol. The second kappa shape index (κ2) is 42.6. The van der Waals surface area contributed by atoms with Crippen LogP contribution in [0.1, 0.15) is 52.7 Å². The first-order valence-corrected chi connectivity index (χ1v) is 49.9. The Morgan fingerprint density at radius 1 is 0.241 bits per heavy atom. The maximum Gasteiger partial charge on any atom is 0.401 e. The van der Waals surface area contributed by atoms with E-state index in [1.165, 1.54) is 66.8 Å². The molecule has 0 radical (unpaired) electrons. The van der Waals surface area contributed by atoms with Gasteiger partial charge < -0.3 is 56.6 Å². The van der Waals surface area contributed by atoms with E-state index >= 15 is 0 Å². The molecule has 0 fully saturated rings. The molecule has 0 bridgehead atoms. The summed E-state index contributed by atoms with van der Waals surface area (Å²) in [5.41, 5.74) is 3.33. The van der Waals surface area contributed by atoms with Crippen molar-refractivity contribution in [3.8, 4) is 0 Å². The van der Waals surface area contributed by atoms with E-state index in [-0.39, 0.29) is 31.6 Å². The van der Waals surface area contributed by atoms with Crippen molar-refractivity contribution in [3.05, 3.63) is 346 Å². The van der Waals surface area contributed by atoms with Gasteiger partial charge in [-0.05, 0) is 186 Å². The van der Waals surface area contributed by atoms with Crippen LogP contribution in [0, 0.1) is 7.14 Å². The molecular formula is C80H86I2O20S6Si4. The monoisotopic (exact) mass is 1920 g/mol. The minimum Gasteiger partial charge on any atom is -0.744 e. The zero-order chi connectivity index (χ0) is 83.6. The Morgan fingerprint density at radius 2 is 0.402 bits per heavy atom. The predicted octanol–water partition coefficient (Wildman–Crippen LogP) is -2.48. The van der Waals surface area contributed by atoms with Crippen LogP contribution >= 0.6 is 0 Å². The van der Waals surface area contributed by atoms with Gasteiger partial charge in [-0.1, -0.05) is 272 Å². The highest BCUT2D eigenvalue weighted by molar-refractivity contribution is 7.86. The quantitative estimate of drug-likeness (QED) is 0.0272. The van der Waals surface area contributed by atoms with Gasteiger partial charge in [0.2, 0.25) is 0 Å². The molecule has 32 heteroatoms. The molecule has 0 amide bonds. The fourth-order valence-corrected chi connectivity index (χ4v) is 19.1. The fraction of sp³-hybridized carbons (Fsp3) is 0.100. The molecule has 592 valence electrons. The van der Waals surface area contributed by atoms with Crippen LogP contribution < -0.4 is 86.7 Å². The number of benzene rings is 12. The lowest BCUT2D eigenvalue weighted by Gasteiger charge is -2.19. The summed E-state index contributed by atoms with van der Waals surface area (Å²) in [6, 6.07) is 89.3. The molecule has 0 atom stereocenters. The van der Waals surface area contributed by atoms with Crippen LogP contribution in [0.15, 0.2) is 357 Å². The summed E-state index contributed by atoms with van der Waals surface area (Å²) in [5.74, 6) is 0. The van der Waals surface area contributed by atoms with Gasteiger partial charge in [0, 0.05) is 0 Å². The van der Waals surface area contributed by atoms with E-state index in [1.54, 1.807) is 121 Å². The Morgan fingerprint density at radius 3 is 0.562 bits per heavy atom. The smallest absolute Gasteiger partial charge is 0.401 e. The molecule has 0 saturated carbocycles. The molecule has 112 heavy (non-hydrogen) atoms. The van der Waals surface area contributed by atoms with Gasteiger partial charge >= 0.3 is 34.2 Å². The largest absolute Gasteiger partial charge is 0.744 e. The lowest BCUT2D eigenvalue weighted by Crippen LogP contribution is -3.34. The second-order valence-electron chi connectivity index (χ2n) is 26.3. The summed E-state index contributed by atoms with van der Waals surface area (Å²) < 4.78 is 132. The SMILES string of the molecule is CC(C)(C)c1ccc([IH+])cc1.CC(C)(C)c1ccc([SH2+])cc1.O=S(=O)([O-])c1ccc([Si](O)(O)c2ccccc2)cc1.O=S(=O)([O-])c1ccc([Si](O)(O)c2ccccc2)cc1.O=S(=O)([O-])c1ccc([Si](O)(O)c2ccccc2)cc1.O=S(=O)([O-])c1ccc([Si](O)(O)c2ccccc2)cc1.[IH+]c1ccccc1.[SH2+]c1ccccc1. The van der Waals surface area contributed by atoms with Gasteiger partial charge in [-0.2, -0.15) is 0 Å². The minimum atomic E-state index is -4.53. The van der Waals surface area contributed by atoms with E-state index in [1.807, 2.05) is 93.7 Å². The van der Waals surface area contributed by atoms with E-state index in [0.29, 0.717) is 20.7 Å². The highest BCUT2D eigenvalue weighted by Crippen LogP contribution is 2.23. The third kappa shape index (κ3) is 31.3. The van der Waals surface area contributed by atoms with Crippen LogP contribution in [-0.4, -0.2) is 124 Å². The molecule has 12 rings (SSSR count). The van der Waals surface area contributed by atoms with E-state index in [0.717, 1.165) is 58.3 Å². The normalized spacial score (nSPS) is 11.8. The van der Waals surface area contributed by atoms with Crippen LogP contribution in [0.4, 0.5) is 0 Å². The molecule has 0 spiro atoms. The third-order valence-electron chi connectivity index (χ3n) is 15.9. The molecule has 12 aromatic rings. The van der Waals surface area contributed by atoms with Crippen LogP contribution in [0.5, 0.6) is 0 Å². The molecule has 0 aliphatic heterocycles. The molecule has 0 aliphatic carbocycles. The average molecular weight is 1930 g/mol. The van der Waals surface area contributed by atoms with Gasteiger partial charge in [0.05, 0.1) is 19.6 Å². The first-order chi connectivity index (χ1) is 52.0. The summed E-state index contributed by atoms with van der Waals surface area (Å²) in [7, 11) is -33.4. The van der Waals surface area contributed by atoms with Crippen LogP contribution in [0.3, 0.4) is 0 Å². The number of hydrogen-bond acceptors (Lipinski definition) is 20. The zero-order valence-corrected chi connectivity index (χ0v) is 75.0. The van der Waals surface area contributed by atoms with Gasteiger partial charge in [0.1, 0.15) is 50.3 Å².